The van der Waals surface area contributed by atoms with E-state index in [2.05, 4.69) is 10.2 Å². The van der Waals surface area contributed by atoms with Crippen LogP contribution in [0.2, 0.25) is 0 Å². The molecule has 1 aromatic carbocycles. The topological polar surface area (TPSA) is 59.2 Å². The molecule has 2 heterocycles. The van der Waals surface area contributed by atoms with Gasteiger partial charge in [0.05, 0.1) is 5.25 Å². The van der Waals surface area contributed by atoms with Crippen LogP contribution >= 0.6 is 24.0 Å². The first-order valence-electron chi connectivity index (χ1n) is 8.46. The number of aromatic nitrogens is 2. The third-order valence-electron chi connectivity index (χ3n) is 4.15. The molecule has 1 saturated heterocycles. The molecule has 1 aliphatic heterocycles. The molecule has 0 bridgehead atoms. The average molecular weight is 376 g/mol. The van der Waals surface area contributed by atoms with Crippen LogP contribution in [0.3, 0.4) is 0 Å². The van der Waals surface area contributed by atoms with E-state index >= 15 is 0 Å². The Hall–Kier alpha value is -1.73. The minimum Gasteiger partial charge on any atom is -0.421 e. The lowest BCUT2D eigenvalue weighted by Crippen LogP contribution is -2.31. The minimum atomic E-state index is -0.0360. The van der Waals surface area contributed by atoms with Crippen LogP contribution in [0.1, 0.15) is 37.6 Å². The number of amides is 1. The standard InChI is InChI=1S/C18H21N3O2S2/c1-12-7-9-14(10-8-12)16-20-19-15(23-16)6-4-3-5-11-21-17(22)13(2)25-18(21)24/h7-10,13H,3-6,11H2,1-2H3. The molecule has 2 aromatic rings. The van der Waals surface area contributed by atoms with Crippen LogP contribution in [0.4, 0.5) is 0 Å². The molecule has 1 fully saturated rings. The van der Waals surface area contributed by atoms with Crippen LogP contribution in [0, 0.1) is 6.92 Å². The number of hydrogen-bond donors (Lipinski definition) is 0. The Morgan fingerprint density at radius 1 is 1.20 bits per heavy atom. The first kappa shape index (κ1) is 18.1. The van der Waals surface area contributed by atoms with E-state index in [0.717, 1.165) is 31.2 Å². The summed E-state index contributed by atoms with van der Waals surface area (Å²) in [5.41, 5.74) is 2.14. The first-order chi connectivity index (χ1) is 12.0. The van der Waals surface area contributed by atoms with Gasteiger partial charge in [-0.15, -0.1) is 10.2 Å². The van der Waals surface area contributed by atoms with E-state index in [-0.39, 0.29) is 11.2 Å². The Balaban J connectivity index is 1.42. The van der Waals surface area contributed by atoms with E-state index < -0.39 is 0 Å². The van der Waals surface area contributed by atoms with E-state index in [0.29, 0.717) is 22.6 Å². The van der Waals surface area contributed by atoms with Crippen LogP contribution in [0.15, 0.2) is 28.7 Å². The van der Waals surface area contributed by atoms with Crippen molar-refractivity contribution in [1.29, 1.82) is 0 Å². The second kappa shape index (κ2) is 8.10. The van der Waals surface area contributed by atoms with E-state index in [1.807, 2.05) is 38.1 Å². The fraction of sp³-hybridized carbons (Fsp3) is 0.444. The molecule has 25 heavy (non-hydrogen) atoms. The number of nitrogens with zero attached hydrogens (tertiary/aromatic N) is 3. The van der Waals surface area contributed by atoms with Gasteiger partial charge in [-0.25, -0.2) is 0 Å². The van der Waals surface area contributed by atoms with Gasteiger partial charge in [0.1, 0.15) is 4.32 Å². The zero-order valence-corrected chi connectivity index (χ0v) is 16.0. The third-order valence-corrected chi connectivity index (χ3v) is 5.64. The fourth-order valence-electron chi connectivity index (χ4n) is 2.67. The van der Waals surface area contributed by atoms with Gasteiger partial charge in [-0.3, -0.25) is 9.69 Å². The molecule has 1 amide bonds. The molecule has 1 aromatic heterocycles. The van der Waals surface area contributed by atoms with Crippen molar-refractivity contribution < 1.29 is 9.21 Å². The summed E-state index contributed by atoms with van der Waals surface area (Å²) in [4.78, 5) is 13.7. The highest BCUT2D eigenvalue weighted by Crippen LogP contribution is 2.27. The predicted molar refractivity (Wildman–Crippen MR) is 103 cm³/mol. The Bertz CT molecular complexity index is 758. The van der Waals surface area contributed by atoms with Crippen molar-refractivity contribution in [2.75, 3.05) is 6.54 Å². The molecule has 1 unspecified atom stereocenters. The van der Waals surface area contributed by atoms with Gasteiger partial charge >= 0.3 is 0 Å². The maximum atomic E-state index is 11.9. The first-order valence-corrected chi connectivity index (χ1v) is 9.75. The minimum absolute atomic E-state index is 0.0360. The summed E-state index contributed by atoms with van der Waals surface area (Å²) in [6.45, 7) is 4.65. The maximum absolute atomic E-state index is 11.9. The highest BCUT2D eigenvalue weighted by Gasteiger charge is 2.32. The van der Waals surface area contributed by atoms with Crippen LogP contribution < -0.4 is 0 Å². The molecule has 1 aliphatic rings. The number of carbonyl (C=O) groups excluding carboxylic acids is 1. The summed E-state index contributed by atoms with van der Waals surface area (Å²) in [5.74, 6) is 1.36. The number of hydrogen-bond acceptors (Lipinski definition) is 6. The molecule has 7 heteroatoms. The highest BCUT2D eigenvalue weighted by atomic mass is 32.2. The second-order valence-corrected chi connectivity index (χ2v) is 8.17. The third kappa shape index (κ3) is 4.46. The summed E-state index contributed by atoms with van der Waals surface area (Å²) in [7, 11) is 0. The molecular formula is C18H21N3O2S2. The average Bonchev–Trinajstić information content (AvgIpc) is 3.15. The van der Waals surface area contributed by atoms with Crippen molar-refractivity contribution in [3.8, 4) is 11.5 Å². The summed E-state index contributed by atoms with van der Waals surface area (Å²) >= 11 is 6.71. The Labute approximate surface area is 157 Å². The van der Waals surface area contributed by atoms with E-state index in [1.165, 1.54) is 17.3 Å². The van der Waals surface area contributed by atoms with Gasteiger partial charge in [0.15, 0.2) is 0 Å². The normalized spacial score (nSPS) is 17.5. The summed E-state index contributed by atoms with van der Waals surface area (Å²) < 4.78 is 6.43. The number of aryl methyl sites for hydroxylation is 2. The monoisotopic (exact) mass is 375 g/mol. The Morgan fingerprint density at radius 2 is 1.96 bits per heavy atom. The van der Waals surface area contributed by atoms with E-state index in [9.17, 15) is 4.79 Å². The molecule has 0 aliphatic carbocycles. The molecule has 0 radical (unpaired) electrons. The van der Waals surface area contributed by atoms with Crippen molar-refractivity contribution in [3.63, 3.8) is 0 Å². The molecular weight excluding hydrogens is 354 g/mol. The lowest BCUT2D eigenvalue weighted by molar-refractivity contribution is -0.125. The zero-order valence-electron chi connectivity index (χ0n) is 14.4. The van der Waals surface area contributed by atoms with Crippen molar-refractivity contribution in [3.05, 3.63) is 35.7 Å². The van der Waals surface area contributed by atoms with Crippen molar-refractivity contribution in [2.45, 2.75) is 44.8 Å². The quantitative estimate of drug-likeness (QED) is 0.538. The zero-order chi connectivity index (χ0) is 17.8. The lowest BCUT2D eigenvalue weighted by atomic mass is 10.1. The number of benzene rings is 1. The number of rotatable bonds is 7. The highest BCUT2D eigenvalue weighted by molar-refractivity contribution is 8.24. The smallest absolute Gasteiger partial charge is 0.247 e. The predicted octanol–water partition coefficient (Wildman–Crippen LogP) is 4.01. The van der Waals surface area contributed by atoms with Crippen molar-refractivity contribution in [2.24, 2.45) is 0 Å². The van der Waals surface area contributed by atoms with Crippen molar-refractivity contribution in [1.82, 2.24) is 15.1 Å². The van der Waals surface area contributed by atoms with Gasteiger partial charge in [-0.1, -0.05) is 48.1 Å². The molecule has 1 atom stereocenters. The summed E-state index contributed by atoms with van der Waals surface area (Å²) in [5, 5.41) is 8.20. The van der Waals surface area contributed by atoms with E-state index in [4.69, 9.17) is 16.6 Å². The van der Waals surface area contributed by atoms with Gasteiger partial charge in [-0.05, 0) is 38.8 Å². The molecule has 132 valence electrons. The van der Waals surface area contributed by atoms with Crippen LogP contribution in [0.25, 0.3) is 11.5 Å². The van der Waals surface area contributed by atoms with Gasteiger partial charge in [0.25, 0.3) is 0 Å². The Kier molecular flexibility index (Phi) is 5.86. The molecule has 0 N–H and O–H groups in total. The van der Waals surface area contributed by atoms with Crippen LogP contribution in [0.5, 0.6) is 0 Å². The van der Waals surface area contributed by atoms with E-state index in [1.54, 1.807) is 4.90 Å². The lowest BCUT2D eigenvalue weighted by Gasteiger charge is -2.14. The number of carbonyl (C=O) groups is 1. The van der Waals surface area contributed by atoms with Gasteiger partial charge in [-0.2, -0.15) is 0 Å². The second-order valence-electron chi connectivity index (χ2n) is 6.19. The van der Waals surface area contributed by atoms with Crippen LogP contribution in [-0.2, 0) is 11.2 Å². The number of thioether (sulfide) groups is 1. The molecule has 0 spiro atoms. The van der Waals surface area contributed by atoms with Gasteiger partial charge in [0, 0.05) is 18.5 Å². The largest absolute Gasteiger partial charge is 0.421 e. The Morgan fingerprint density at radius 3 is 2.64 bits per heavy atom. The van der Waals surface area contributed by atoms with Crippen molar-refractivity contribution >= 4 is 34.2 Å². The van der Waals surface area contributed by atoms with Crippen LogP contribution in [-0.4, -0.2) is 37.1 Å². The number of thiocarbonyl (C=S) groups is 1. The molecule has 5 nitrogen and oxygen atoms in total. The number of unbranched alkanes of at least 4 members (excludes halogenated alkanes) is 2. The SMILES string of the molecule is Cc1ccc(-c2nnc(CCCCCN3C(=O)C(C)SC3=S)o2)cc1. The fourth-order valence-corrected chi connectivity index (χ4v) is 4.12. The molecule has 0 saturated carbocycles. The summed E-state index contributed by atoms with van der Waals surface area (Å²) in [6.07, 6.45) is 3.63. The van der Waals surface area contributed by atoms with Gasteiger partial charge in [0.2, 0.25) is 17.7 Å². The summed E-state index contributed by atoms with van der Waals surface area (Å²) in [6, 6.07) is 8.04. The maximum Gasteiger partial charge on any atom is 0.247 e. The molecule has 3 rings (SSSR count). The van der Waals surface area contributed by atoms with Gasteiger partial charge < -0.3 is 4.42 Å².